The number of amides is 1. The van der Waals surface area contributed by atoms with Crippen LogP contribution in [0.15, 0.2) is 30.3 Å². The molecule has 0 aliphatic heterocycles. The Balaban J connectivity index is 2.29. The molecule has 0 unspecified atom stereocenters. The van der Waals surface area contributed by atoms with Gasteiger partial charge in [-0.15, -0.1) is 0 Å². The molecule has 0 atom stereocenters. The van der Waals surface area contributed by atoms with E-state index in [9.17, 15) is 10.0 Å². The predicted molar refractivity (Wildman–Crippen MR) is 56.8 cm³/mol. The molecular weight excluding hydrogens is 210 g/mol. The van der Waals surface area contributed by atoms with Gasteiger partial charge in [0.15, 0.2) is 0 Å². The molecule has 0 aliphatic rings. The largest absolute Gasteiger partial charge is 0.443 e. The van der Waals surface area contributed by atoms with Crippen LogP contribution in [0.25, 0.3) is 0 Å². The summed E-state index contributed by atoms with van der Waals surface area (Å²) < 4.78 is 4.84. The maximum absolute atomic E-state index is 11.2. The molecule has 0 fully saturated rings. The zero-order chi connectivity index (χ0) is 11.8. The number of benzene rings is 1. The molecule has 0 spiro atoms. The van der Waals surface area contributed by atoms with Crippen LogP contribution in [0.3, 0.4) is 0 Å². The number of carbonyl (C=O) groups excluding carboxylic acids is 1. The smallest absolute Gasteiger partial charge is 0.434 e. The van der Waals surface area contributed by atoms with Gasteiger partial charge in [-0.25, -0.2) is 4.79 Å². The summed E-state index contributed by atoms with van der Waals surface area (Å²) in [6.07, 6.45) is -0.492. The lowest BCUT2D eigenvalue weighted by Gasteiger charge is -2.14. The van der Waals surface area contributed by atoms with E-state index in [1.165, 1.54) is 0 Å². The fraction of sp³-hybridized carbons (Fsp3) is 0.364. The number of rotatable bonds is 5. The third-order valence-corrected chi connectivity index (χ3v) is 1.94. The van der Waals surface area contributed by atoms with Crippen LogP contribution in [0.5, 0.6) is 0 Å². The van der Waals surface area contributed by atoms with Crippen LogP contribution in [0, 0.1) is 0 Å². The maximum Gasteiger partial charge on any atom is 0.434 e. The van der Waals surface area contributed by atoms with E-state index in [1.54, 1.807) is 0 Å². The van der Waals surface area contributed by atoms with Crippen LogP contribution in [0.4, 0.5) is 4.79 Å². The molecule has 0 aliphatic carbocycles. The highest BCUT2D eigenvalue weighted by Crippen LogP contribution is 2.02. The van der Waals surface area contributed by atoms with E-state index >= 15 is 0 Å². The van der Waals surface area contributed by atoms with E-state index in [0.717, 1.165) is 5.56 Å². The van der Waals surface area contributed by atoms with Crippen LogP contribution in [0.1, 0.15) is 12.0 Å². The van der Waals surface area contributed by atoms with Gasteiger partial charge in [0.05, 0.1) is 6.54 Å². The number of carbonyl (C=O) groups is 1. The highest BCUT2D eigenvalue weighted by molar-refractivity contribution is 5.66. The zero-order valence-electron chi connectivity index (χ0n) is 8.87. The van der Waals surface area contributed by atoms with Crippen molar-refractivity contribution in [1.29, 1.82) is 0 Å². The Morgan fingerprint density at radius 2 is 2.00 bits per heavy atom. The Hall–Kier alpha value is -1.59. The normalized spacial score (nSPS) is 9.88. The molecule has 88 valence electrons. The fourth-order valence-electron chi connectivity index (χ4n) is 1.11. The van der Waals surface area contributed by atoms with Crippen LogP contribution in [-0.4, -0.2) is 34.6 Å². The van der Waals surface area contributed by atoms with Crippen molar-refractivity contribution in [3.8, 4) is 0 Å². The van der Waals surface area contributed by atoms with Gasteiger partial charge < -0.3 is 9.84 Å². The second-order valence-corrected chi connectivity index (χ2v) is 3.24. The third kappa shape index (κ3) is 4.29. The summed E-state index contributed by atoms with van der Waals surface area (Å²) in [5, 5.41) is 18.1. The molecule has 0 aromatic heterocycles. The van der Waals surface area contributed by atoms with E-state index in [1.807, 2.05) is 30.3 Å². The minimum absolute atomic E-state index is 0.0596. The molecule has 0 heterocycles. The van der Waals surface area contributed by atoms with E-state index in [-0.39, 0.29) is 19.8 Å². The summed E-state index contributed by atoms with van der Waals surface area (Å²) in [5.74, 6) is 0. The van der Waals surface area contributed by atoms with Crippen molar-refractivity contribution >= 4 is 6.09 Å². The first-order chi connectivity index (χ1) is 7.74. The van der Waals surface area contributed by atoms with E-state index in [2.05, 4.69) is 0 Å². The highest BCUT2D eigenvalue weighted by Gasteiger charge is 2.11. The van der Waals surface area contributed by atoms with Crippen LogP contribution in [-0.2, 0) is 11.3 Å². The SMILES string of the molecule is O=C(OCc1ccccc1)N(O)CCCO. The lowest BCUT2D eigenvalue weighted by atomic mass is 10.2. The van der Waals surface area contributed by atoms with Crippen molar-refractivity contribution in [3.63, 3.8) is 0 Å². The summed E-state index contributed by atoms with van der Waals surface area (Å²) in [6.45, 7) is 0.100. The number of hydroxylamine groups is 2. The second-order valence-electron chi connectivity index (χ2n) is 3.24. The van der Waals surface area contributed by atoms with Gasteiger partial charge in [-0.2, -0.15) is 5.06 Å². The first-order valence-electron chi connectivity index (χ1n) is 5.02. The van der Waals surface area contributed by atoms with Gasteiger partial charge >= 0.3 is 6.09 Å². The summed E-state index contributed by atoms with van der Waals surface area (Å²) >= 11 is 0. The quantitative estimate of drug-likeness (QED) is 0.587. The van der Waals surface area contributed by atoms with Crippen molar-refractivity contribution in [2.24, 2.45) is 0 Å². The number of ether oxygens (including phenoxy) is 1. The van der Waals surface area contributed by atoms with Crippen LogP contribution < -0.4 is 0 Å². The molecule has 1 amide bonds. The summed E-state index contributed by atoms with van der Waals surface area (Å²) in [7, 11) is 0. The number of nitrogens with zero attached hydrogens (tertiary/aromatic N) is 1. The fourth-order valence-corrected chi connectivity index (χ4v) is 1.11. The van der Waals surface area contributed by atoms with Gasteiger partial charge in [-0.1, -0.05) is 30.3 Å². The standard InChI is InChI=1S/C11H15NO4/c13-8-4-7-12(15)11(14)16-9-10-5-2-1-3-6-10/h1-3,5-6,13,15H,4,7-9H2. The number of aliphatic hydroxyl groups is 1. The lowest BCUT2D eigenvalue weighted by Crippen LogP contribution is -2.29. The minimum Gasteiger partial charge on any atom is -0.443 e. The van der Waals surface area contributed by atoms with Crippen molar-refractivity contribution in [3.05, 3.63) is 35.9 Å². The van der Waals surface area contributed by atoms with Gasteiger partial charge in [-0.05, 0) is 12.0 Å². The number of hydrogen-bond donors (Lipinski definition) is 2. The third-order valence-electron chi connectivity index (χ3n) is 1.94. The first kappa shape index (κ1) is 12.5. The molecule has 0 saturated carbocycles. The van der Waals surface area contributed by atoms with Crippen molar-refractivity contribution < 1.29 is 19.8 Å². The monoisotopic (exact) mass is 225 g/mol. The molecule has 5 nitrogen and oxygen atoms in total. The molecule has 16 heavy (non-hydrogen) atoms. The molecule has 1 rings (SSSR count). The average molecular weight is 225 g/mol. The zero-order valence-corrected chi connectivity index (χ0v) is 8.87. The molecule has 0 radical (unpaired) electrons. The summed E-state index contributed by atoms with van der Waals surface area (Å²) in [6, 6.07) is 9.19. The van der Waals surface area contributed by atoms with E-state index in [0.29, 0.717) is 11.5 Å². The summed E-state index contributed by atoms with van der Waals surface area (Å²) in [4.78, 5) is 11.2. The Bertz CT molecular complexity index is 315. The van der Waals surface area contributed by atoms with Gasteiger partial charge in [0.25, 0.3) is 0 Å². The topological polar surface area (TPSA) is 70.0 Å². The molecule has 2 N–H and O–H groups in total. The predicted octanol–water partition coefficient (Wildman–Crippen LogP) is 1.40. The molecule has 0 bridgehead atoms. The molecule has 0 saturated heterocycles. The summed E-state index contributed by atoms with van der Waals surface area (Å²) in [5.41, 5.74) is 0.853. The van der Waals surface area contributed by atoms with E-state index in [4.69, 9.17) is 9.84 Å². The van der Waals surface area contributed by atoms with E-state index < -0.39 is 6.09 Å². The molecule has 5 heteroatoms. The Morgan fingerprint density at radius 3 is 2.62 bits per heavy atom. The molecule has 1 aromatic carbocycles. The van der Waals surface area contributed by atoms with Crippen molar-refractivity contribution in [1.82, 2.24) is 5.06 Å². The Kier molecular flexibility index (Phi) is 5.31. The van der Waals surface area contributed by atoms with Crippen molar-refractivity contribution in [2.45, 2.75) is 13.0 Å². The first-order valence-corrected chi connectivity index (χ1v) is 5.02. The molecule has 1 aromatic rings. The highest BCUT2D eigenvalue weighted by atomic mass is 16.6. The number of aliphatic hydroxyl groups excluding tert-OH is 1. The Morgan fingerprint density at radius 1 is 1.31 bits per heavy atom. The minimum atomic E-state index is -0.808. The van der Waals surface area contributed by atoms with Gasteiger partial charge in [-0.3, -0.25) is 5.21 Å². The van der Waals surface area contributed by atoms with Gasteiger partial charge in [0.1, 0.15) is 6.61 Å². The van der Waals surface area contributed by atoms with Crippen LogP contribution in [0.2, 0.25) is 0 Å². The number of hydrogen-bond acceptors (Lipinski definition) is 4. The molecular formula is C11H15NO4. The average Bonchev–Trinajstić information content (AvgIpc) is 2.34. The van der Waals surface area contributed by atoms with Crippen molar-refractivity contribution in [2.75, 3.05) is 13.2 Å². The van der Waals surface area contributed by atoms with Gasteiger partial charge in [0.2, 0.25) is 0 Å². The maximum atomic E-state index is 11.2. The van der Waals surface area contributed by atoms with Crippen LogP contribution >= 0.6 is 0 Å². The van der Waals surface area contributed by atoms with Gasteiger partial charge in [0, 0.05) is 6.61 Å². The Labute approximate surface area is 93.8 Å². The lowest BCUT2D eigenvalue weighted by molar-refractivity contribution is -0.0780. The second kappa shape index (κ2) is 6.81.